The molecule has 1 N–H and O–H groups in total. The first-order valence-electron chi connectivity index (χ1n) is 7.07. The minimum atomic E-state index is 0.105. The molecule has 1 aliphatic rings. The third-order valence-electron chi connectivity index (χ3n) is 3.74. The molecule has 1 fully saturated rings. The van der Waals surface area contributed by atoms with Crippen LogP contribution in [0.5, 0.6) is 5.75 Å². The summed E-state index contributed by atoms with van der Waals surface area (Å²) in [5.41, 5.74) is 1.31. The topological polar surface area (TPSA) is 32.7 Å². The molecule has 0 bridgehead atoms. The van der Waals surface area contributed by atoms with E-state index in [1.807, 2.05) is 26.0 Å². The third-order valence-corrected chi connectivity index (χ3v) is 3.74. The summed E-state index contributed by atoms with van der Waals surface area (Å²) in [6, 6.07) is 8.27. The second-order valence-electron chi connectivity index (χ2n) is 6.34. The van der Waals surface area contributed by atoms with Gasteiger partial charge in [0.25, 0.3) is 0 Å². The van der Waals surface area contributed by atoms with Gasteiger partial charge < -0.3 is 14.7 Å². The van der Waals surface area contributed by atoms with E-state index < -0.39 is 0 Å². The van der Waals surface area contributed by atoms with Crippen molar-refractivity contribution >= 4 is 5.69 Å². The van der Waals surface area contributed by atoms with Crippen molar-refractivity contribution in [3.63, 3.8) is 0 Å². The quantitative estimate of drug-likeness (QED) is 0.906. The Hall–Kier alpha value is -1.22. The Morgan fingerprint density at radius 3 is 2.42 bits per heavy atom. The standard InChI is InChI=1S/C16H25NO2/c1-12(2)19-15-7-5-14(6-8-15)17-10-13(11-18)9-16(17,3)4/h5-8,12-13,18H,9-11H2,1-4H3. The van der Waals surface area contributed by atoms with Gasteiger partial charge in [-0.2, -0.15) is 0 Å². The van der Waals surface area contributed by atoms with Gasteiger partial charge in [-0.3, -0.25) is 0 Å². The summed E-state index contributed by atoms with van der Waals surface area (Å²) >= 11 is 0. The van der Waals surface area contributed by atoms with E-state index in [2.05, 4.69) is 30.9 Å². The van der Waals surface area contributed by atoms with Gasteiger partial charge in [0, 0.05) is 30.3 Å². The van der Waals surface area contributed by atoms with E-state index in [1.165, 1.54) is 5.69 Å². The van der Waals surface area contributed by atoms with Crippen LogP contribution >= 0.6 is 0 Å². The van der Waals surface area contributed by atoms with E-state index in [-0.39, 0.29) is 18.2 Å². The molecule has 0 radical (unpaired) electrons. The van der Waals surface area contributed by atoms with E-state index >= 15 is 0 Å². The average molecular weight is 263 g/mol. The van der Waals surface area contributed by atoms with Gasteiger partial charge >= 0.3 is 0 Å². The average Bonchev–Trinajstić information content (AvgIpc) is 2.65. The zero-order valence-corrected chi connectivity index (χ0v) is 12.4. The zero-order chi connectivity index (χ0) is 14.0. The lowest BCUT2D eigenvalue weighted by molar-refractivity contribution is 0.232. The number of nitrogens with zero attached hydrogens (tertiary/aromatic N) is 1. The van der Waals surface area contributed by atoms with Crippen LogP contribution in [-0.4, -0.2) is 29.9 Å². The summed E-state index contributed by atoms with van der Waals surface area (Å²) in [4.78, 5) is 2.38. The Balaban J connectivity index is 2.13. The van der Waals surface area contributed by atoms with E-state index in [9.17, 15) is 5.11 Å². The van der Waals surface area contributed by atoms with E-state index in [0.717, 1.165) is 18.7 Å². The molecule has 1 saturated heterocycles. The van der Waals surface area contributed by atoms with Gasteiger partial charge in [-0.05, 0) is 58.4 Å². The molecule has 0 aromatic heterocycles. The highest BCUT2D eigenvalue weighted by molar-refractivity contribution is 5.52. The molecule has 2 rings (SSSR count). The molecular weight excluding hydrogens is 238 g/mol. The largest absolute Gasteiger partial charge is 0.491 e. The molecule has 0 aliphatic carbocycles. The lowest BCUT2D eigenvalue weighted by Gasteiger charge is -2.33. The fraction of sp³-hybridized carbons (Fsp3) is 0.625. The molecule has 1 atom stereocenters. The monoisotopic (exact) mass is 263 g/mol. The van der Waals surface area contributed by atoms with Gasteiger partial charge in [-0.25, -0.2) is 0 Å². The first-order valence-corrected chi connectivity index (χ1v) is 7.07. The Morgan fingerprint density at radius 2 is 1.95 bits per heavy atom. The van der Waals surface area contributed by atoms with Crippen LogP contribution in [0.25, 0.3) is 0 Å². The summed E-state index contributed by atoms with van der Waals surface area (Å²) in [6.45, 7) is 9.73. The molecule has 1 heterocycles. The van der Waals surface area contributed by atoms with Crippen molar-refractivity contribution in [1.82, 2.24) is 0 Å². The minimum Gasteiger partial charge on any atom is -0.491 e. The molecule has 1 aromatic carbocycles. The van der Waals surface area contributed by atoms with Crippen LogP contribution in [0.4, 0.5) is 5.69 Å². The van der Waals surface area contributed by atoms with Crippen LogP contribution in [-0.2, 0) is 0 Å². The molecular formula is C16H25NO2. The van der Waals surface area contributed by atoms with Crippen LogP contribution in [0.15, 0.2) is 24.3 Å². The first kappa shape index (κ1) is 14.2. The van der Waals surface area contributed by atoms with Crippen molar-refractivity contribution in [1.29, 1.82) is 0 Å². The molecule has 3 heteroatoms. The Bertz CT molecular complexity index is 411. The third kappa shape index (κ3) is 3.21. The van der Waals surface area contributed by atoms with Gasteiger partial charge in [0.15, 0.2) is 0 Å². The van der Waals surface area contributed by atoms with Crippen molar-refractivity contribution in [2.24, 2.45) is 5.92 Å². The molecule has 1 unspecified atom stereocenters. The van der Waals surface area contributed by atoms with Crippen LogP contribution in [0.1, 0.15) is 34.1 Å². The predicted molar refractivity (Wildman–Crippen MR) is 78.8 cm³/mol. The maximum atomic E-state index is 9.36. The molecule has 0 amide bonds. The SMILES string of the molecule is CC(C)Oc1ccc(N2CC(CO)CC2(C)C)cc1. The molecule has 0 spiro atoms. The summed E-state index contributed by atoms with van der Waals surface area (Å²) in [6.07, 6.45) is 1.24. The number of rotatable bonds is 4. The number of ether oxygens (including phenoxy) is 1. The van der Waals surface area contributed by atoms with Crippen molar-refractivity contribution < 1.29 is 9.84 Å². The summed E-state index contributed by atoms with van der Waals surface area (Å²) in [5, 5.41) is 9.36. The van der Waals surface area contributed by atoms with E-state index in [0.29, 0.717) is 5.92 Å². The highest BCUT2D eigenvalue weighted by atomic mass is 16.5. The van der Waals surface area contributed by atoms with Gasteiger partial charge in [0.05, 0.1) is 6.10 Å². The van der Waals surface area contributed by atoms with Crippen LogP contribution in [0, 0.1) is 5.92 Å². The number of hydrogen-bond donors (Lipinski definition) is 1. The van der Waals surface area contributed by atoms with E-state index in [4.69, 9.17) is 4.74 Å². The van der Waals surface area contributed by atoms with Crippen molar-refractivity contribution in [3.05, 3.63) is 24.3 Å². The number of aliphatic hydroxyl groups is 1. The van der Waals surface area contributed by atoms with Gasteiger partial charge in [0.1, 0.15) is 5.75 Å². The van der Waals surface area contributed by atoms with Crippen LogP contribution in [0.2, 0.25) is 0 Å². The maximum absolute atomic E-state index is 9.36. The summed E-state index contributed by atoms with van der Waals surface area (Å²) < 4.78 is 5.67. The number of hydrogen-bond acceptors (Lipinski definition) is 3. The second-order valence-corrected chi connectivity index (χ2v) is 6.34. The Kier molecular flexibility index (Phi) is 4.04. The first-order chi connectivity index (χ1) is 8.92. The highest BCUT2D eigenvalue weighted by Gasteiger charge is 2.37. The predicted octanol–water partition coefficient (Wildman–Crippen LogP) is 3.07. The lowest BCUT2D eigenvalue weighted by Crippen LogP contribution is -2.38. The second kappa shape index (κ2) is 5.41. The van der Waals surface area contributed by atoms with Crippen molar-refractivity contribution in [2.75, 3.05) is 18.1 Å². The van der Waals surface area contributed by atoms with Crippen LogP contribution in [0.3, 0.4) is 0 Å². The molecule has 1 aromatic rings. The molecule has 0 saturated carbocycles. The van der Waals surface area contributed by atoms with Crippen molar-refractivity contribution in [3.8, 4) is 5.75 Å². The Morgan fingerprint density at radius 1 is 1.32 bits per heavy atom. The molecule has 3 nitrogen and oxygen atoms in total. The number of anilines is 1. The fourth-order valence-corrected chi connectivity index (χ4v) is 2.94. The Labute approximate surface area is 116 Å². The fourth-order valence-electron chi connectivity index (χ4n) is 2.94. The number of aliphatic hydroxyl groups excluding tert-OH is 1. The molecule has 19 heavy (non-hydrogen) atoms. The van der Waals surface area contributed by atoms with E-state index in [1.54, 1.807) is 0 Å². The van der Waals surface area contributed by atoms with Gasteiger partial charge in [-0.15, -0.1) is 0 Å². The smallest absolute Gasteiger partial charge is 0.119 e. The van der Waals surface area contributed by atoms with Gasteiger partial charge in [0.2, 0.25) is 0 Å². The molecule has 106 valence electrons. The van der Waals surface area contributed by atoms with Crippen LogP contribution < -0.4 is 9.64 Å². The summed E-state index contributed by atoms with van der Waals surface area (Å²) in [5.74, 6) is 1.29. The normalized spacial score (nSPS) is 22.0. The highest BCUT2D eigenvalue weighted by Crippen LogP contribution is 2.37. The van der Waals surface area contributed by atoms with Crippen molar-refractivity contribution in [2.45, 2.75) is 45.8 Å². The lowest BCUT2D eigenvalue weighted by atomic mass is 9.97. The minimum absolute atomic E-state index is 0.105. The van der Waals surface area contributed by atoms with Gasteiger partial charge in [-0.1, -0.05) is 0 Å². The summed E-state index contributed by atoms with van der Waals surface area (Å²) in [7, 11) is 0. The number of benzene rings is 1. The zero-order valence-electron chi connectivity index (χ0n) is 12.4. The maximum Gasteiger partial charge on any atom is 0.119 e. The molecule has 1 aliphatic heterocycles.